The lowest BCUT2D eigenvalue weighted by molar-refractivity contribution is 1.03. The molecule has 0 aliphatic carbocycles. The first-order chi connectivity index (χ1) is 4.33. The summed E-state index contributed by atoms with van der Waals surface area (Å²) >= 11 is 5.25. The third-order valence-electron chi connectivity index (χ3n) is 0.888. The molecule has 0 radical (unpaired) electrons. The summed E-state index contributed by atoms with van der Waals surface area (Å²) in [6.45, 7) is 1.92. The van der Waals surface area contributed by atoms with E-state index in [1.807, 2.05) is 6.92 Å². The minimum atomic E-state index is 0.580. The maximum absolute atomic E-state index is 5.25. The van der Waals surface area contributed by atoms with Crippen molar-refractivity contribution >= 4 is 17.6 Å². The standard InChI is InChI=1S/C5H6ClN3/c1-4-2-5(8-6)9-7-3-4/h2-3H,1H3,(H,8,9). The molecule has 0 amide bonds. The van der Waals surface area contributed by atoms with Crippen LogP contribution in [0.4, 0.5) is 5.82 Å². The van der Waals surface area contributed by atoms with E-state index in [1.54, 1.807) is 12.3 Å². The fraction of sp³-hybridized carbons (Fsp3) is 0.200. The predicted octanol–water partition coefficient (Wildman–Crippen LogP) is 1.35. The molecule has 0 saturated heterocycles. The van der Waals surface area contributed by atoms with Crippen LogP contribution in [0.3, 0.4) is 0 Å². The molecule has 0 aliphatic rings. The molecule has 1 heterocycles. The van der Waals surface area contributed by atoms with Gasteiger partial charge in [-0.25, -0.2) is 0 Å². The summed E-state index contributed by atoms with van der Waals surface area (Å²) in [5.41, 5.74) is 1.04. The Morgan fingerprint density at radius 3 is 2.89 bits per heavy atom. The molecule has 4 heteroatoms. The second kappa shape index (κ2) is 2.64. The first-order valence-corrected chi connectivity index (χ1v) is 2.86. The lowest BCUT2D eigenvalue weighted by atomic mass is 10.3. The van der Waals surface area contributed by atoms with E-state index in [-0.39, 0.29) is 0 Å². The zero-order chi connectivity index (χ0) is 6.69. The Labute approximate surface area is 58.2 Å². The molecule has 0 fully saturated rings. The Balaban J connectivity index is 2.94. The van der Waals surface area contributed by atoms with Gasteiger partial charge >= 0.3 is 0 Å². The van der Waals surface area contributed by atoms with Crippen molar-refractivity contribution in [1.82, 2.24) is 10.2 Å². The van der Waals surface area contributed by atoms with Gasteiger partial charge in [0.1, 0.15) is 0 Å². The summed E-state index contributed by atoms with van der Waals surface area (Å²) in [6.07, 6.45) is 1.66. The van der Waals surface area contributed by atoms with Gasteiger partial charge in [-0.05, 0) is 18.6 Å². The van der Waals surface area contributed by atoms with Crippen molar-refractivity contribution in [3.05, 3.63) is 17.8 Å². The summed E-state index contributed by atoms with van der Waals surface area (Å²) in [5.74, 6) is 0.580. The third-order valence-corrected chi connectivity index (χ3v) is 1.08. The van der Waals surface area contributed by atoms with Gasteiger partial charge < -0.3 is 0 Å². The largest absolute Gasteiger partial charge is 0.281 e. The maximum Gasteiger partial charge on any atom is 0.163 e. The number of halogens is 1. The second-order valence-electron chi connectivity index (χ2n) is 1.71. The van der Waals surface area contributed by atoms with Crippen molar-refractivity contribution in [1.29, 1.82) is 0 Å². The maximum atomic E-state index is 5.25. The number of aryl methyl sites for hydroxylation is 1. The highest BCUT2D eigenvalue weighted by atomic mass is 35.5. The number of hydrogen-bond acceptors (Lipinski definition) is 3. The molecule has 3 nitrogen and oxygen atoms in total. The number of nitrogens with one attached hydrogen (secondary N) is 1. The average Bonchev–Trinajstić information content (AvgIpc) is 1.88. The molecule has 0 atom stereocenters. The highest BCUT2D eigenvalue weighted by Gasteiger charge is 1.89. The smallest absolute Gasteiger partial charge is 0.163 e. The SMILES string of the molecule is Cc1cnnc(NCl)c1. The molecular formula is C5H6ClN3. The number of hydrogen-bond donors (Lipinski definition) is 1. The summed E-state index contributed by atoms with van der Waals surface area (Å²) in [4.78, 5) is 2.37. The molecule has 1 aromatic heterocycles. The van der Waals surface area contributed by atoms with Crippen molar-refractivity contribution in [2.75, 3.05) is 4.84 Å². The Bertz CT molecular complexity index is 201. The van der Waals surface area contributed by atoms with Crippen LogP contribution in [0, 0.1) is 6.92 Å². The lowest BCUT2D eigenvalue weighted by Crippen LogP contribution is -1.88. The van der Waals surface area contributed by atoms with E-state index in [2.05, 4.69) is 15.0 Å². The Morgan fingerprint density at radius 1 is 1.67 bits per heavy atom. The fourth-order valence-corrected chi connectivity index (χ4v) is 0.602. The van der Waals surface area contributed by atoms with Crippen molar-refractivity contribution in [3.8, 4) is 0 Å². The zero-order valence-corrected chi connectivity index (χ0v) is 5.68. The van der Waals surface area contributed by atoms with Crippen LogP contribution in [0.2, 0.25) is 0 Å². The van der Waals surface area contributed by atoms with Gasteiger partial charge in [-0.1, -0.05) is 0 Å². The molecule has 0 aliphatic heterocycles. The summed E-state index contributed by atoms with van der Waals surface area (Å²) < 4.78 is 0. The average molecular weight is 144 g/mol. The molecule has 48 valence electrons. The lowest BCUT2D eigenvalue weighted by Gasteiger charge is -1.93. The number of aromatic nitrogens is 2. The normalized spacial score (nSPS) is 9.11. The number of nitrogens with zero attached hydrogens (tertiary/aromatic N) is 2. The number of rotatable bonds is 1. The highest BCUT2D eigenvalue weighted by Crippen LogP contribution is 2.02. The minimum Gasteiger partial charge on any atom is -0.281 e. The van der Waals surface area contributed by atoms with Crippen LogP contribution in [-0.2, 0) is 0 Å². The Kier molecular flexibility index (Phi) is 1.85. The fourth-order valence-electron chi connectivity index (χ4n) is 0.510. The van der Waals surface area contributed by atoms with Gasteiger partial charge in [0.15, 0.2) is 5.82 Å². The van der Waals surface area contributed by atoms with Gasteiger partial charge in [0.25, 0.3) is 0 Å². The molecule has 0 saturated carbocycles. The molecular weight excluding hydrogens is 138 g/mol. The van der Waals surface area contributed by atoms with E-state index in [0.29, 0.717) is 5.82 Å². The van der Waals surface area contributed by atoms with Crippen molar-refractivity contribution in [2.24, 2.45) is 0 Å². The summed E-state index contributed by atoms with van der Waals surface area (Å²) in [7, 11) is 0. The number of anilines is 1. The van der Waals surface area contributed by atoms with Crippen molar-refractivity contribution in [2.45, 2.75) is 6.92 Å². The van der Waals surface area contributed by atoms with E-state index in [4.69, 9.17) is 11.8 Å². The van der Waals surface area contributed by atoms with E-state index < -0.39 is 0 Å². The molecule has 0 spiro atoms. The monoisotopic (exact) mass is 143 g/mol. The first-order valence-electron chi connectivity index (χ1n) is 2.49. The van der Waals surface area contributed by atoms with E-state index in [9.17, 15) is 0 Å². The van der Waals surface area contributed by atoms with Gasteiger partial charge in [0, 0.05) is 11.8 Å². The highest BCUT2D eigenvalue weighted by molar-refractivity contribution is 6.23. The molecule has 9 heavy (non-hydrogen) atoms. The Morgan fingerprint density at radius 2 is 2.44 bits per heavy atom. The molecule has 1 rings (SSSR count). The topological polar surface area (TPSA) is 37.8 Å². The second-order valence-corrected chi connectivity index (χ2v) is 1.90. The summed E-state index contributed by atoms with van der Waals surface area (Å²) in [5, 5.41) is 7.32. The van der Waals surface area contributed by atoms with Gasteiger partial charge in [0.05, 0.1) is 6.20 Å². The summed E-state index contributed by atoms with van der Waals surface area (Å²) in [6, 6.07) is 1.81. The van der Waals surface area contributed by atoms with Crippen LogP contribution in [0.25, 0.3) is 0 Å². The molecule has 0 aromatic carbocycles. The predicted molar refractivity (Wildman–Crippen MR) is 36.2 cm³/mol. The van der Waals surface area contributed by atoms with Crippen LogP contribution in [0.15, 0.2) is 12.3 Å². The molecule has 0 unspecified atom stereocenters. The van der Waals surface area contributed by atoms with Crippen LogP contribution >= 0.6 is 11.8 Å². The van der Waals surface area contributed by atoms with E-state index in [1.165, 1.54) is 0 Å². The molecule has 1 aromatic rings. The Hall–Kier alpha value is -0.830. The molecule has 1 N–H and O–H groups in total. The van der Waals surface area contributed by atoms with Crippen LogP contribution in [0.1, 0.15) is 5.56 Å². The minimum absolute atomic E-state index is 0.580. The van der Waals surface area contributed by atoms with Gasteiger partial charge in [-0.15, -0.1) is 5.10 Å². The van der Waals surface area contributed by atoms with E-state index >= 15 is 0 Å². The quantitative estimate of drug-likeness (QED) is 0.603. The van der Waals surface area contributed by atoms with E-state index in [0.717, 1.165) is 5.56 Å². The van der Waals surface area contributed by atoms with Gasteiger partial charge in [0.2, 0.25) is 0 Å². The zero-order valence-electron chi connectivity index (χ0n) is 4.93. The first kappa shape index (κ1) is 6.29. The van der Waals surface area contributed by atoms with Crippen LogP contribution < -0.4 is 4.84 Å². The van der Waals surface area contributed by atoms with Crippen molar-refractivity contribution in [3.63, 3.8) is 0 Å². The van der Waals surface area contributed by atoms with Gasteiger partial charge in [-0.2, -0.15) is 5.10 Å². The molecule has 0 bridgehead atoms. The third kappa shape index (κ3) is 1.54. The van der Waals surface area contributed by atoms with Gasteiger partial charge in [-0.3, -0.25) is 4.84 Å². The van der Waals surface area contributed by atoms with Crippen LogP contribution in [0.5, 0.6) is 0 Å². The van der Waals surface area contributed by atoms with Crippen LogP contribution in [-0.4, -0.2) is 10.2 Å². The van der Waals surface area contributed by atoms with Crippen molar-refractivity contribution < 1.29 is 0 Å².